The first-order chi connectivity index (χ1) is 19.4. The number of hydrogen-bond donors (Lipinski definition) is 1. The van der Waals surface area contributed by atoms with Crippen LogP contribution in [0.5, 0.6) is 0 Å². The molecule has 204 valence electrons. The number of nitrogens with one attached hydrogen (secondary N) is 1. The number of hydrogen-bond acceptors (Lipinski definition) is 8. The molecule has 2 aromatic heterocycles. The molecule has 1 amide bonds. The van der Waals surface area contributed by atoms with Crippen molar-refractivity contribution in [2.75, 3.05) is 39.0 Å². The SMILES string of the molecule is CN(C)CC(=O)c1cc2cc(C3=CCCN(C(=O)CCn4ccnn4)C3)cc(NCc3ccc(C#N)cc3)c2o1. The van der Waals surface area contributed by atoms with E-state index in [-0.39, 0.29) is 18.2 Å². The largest absolute Gasteiger partial charge is 0.451 e. The zero-order chi connectivity index (χ0) is 28.1. The minimum Gasteiger partial charge on any atom is -0.451 e. The van der Waals surface area contributed by atoms with Gasteiger partial charge in [0.2, 0.25) is 11.7 Å². The number of rotatable bonds is 10. The molecular formula is C30H31N7O3. The summed E-state index contributed by atoms with van der Waals surface area (Å²) in [7, 11) is 3.69. The Morgan fingerprint density at radius 3 is 2.73 bits per heavy atom. The van der Waals surface area contributed by atoms with Crippen LogP contribution in [0.3, 0.4) is 0 Å². The second kappa shape index (κ2) is 12.0. The van der Waals surface area contributed by atoms with Gasteiger partial charge in [-0.15, -0.1) is 5.10 Å². The molecule has 2 aromatic carbocycles. The summed E-state index contributed by atoms with van der Waals surface area (Å²) < 4.78 is 7.74. The van der Waals surface area contributed by atoms with Crippen LogP contribution in [-0.2, 0) is 17.9 Å². The summed E-state index contributed by atoms with van der Waals surface area (Å²) in [6.45, 7) is 2.42. The fourth-order valence-corrected chi connectivity index (χ4v) is 4.75. The van der Waals surface area contributed by atoms with Gasteiger partial charge in [-0.05, 0) is 67.5 Å². The Balaban J connectivity index is 1.40. The number of Topliss-reactive ketones (excluding diaryl/α,β-unsaturated/α-hetero) is 1. The van der Waals surface area contributed by atoms with Gasteiger partial charge in [-0.2, -0.15) is 5.26 Å². The Labute approximate surface area is 232 Å². The number of aromatic nitrogens is 3. The van der Waals surface area contributed by atoms with Gasteiger partial charge in [0.05, 0.1) is 36.6 Å². The van der Waals surface area contributed by atoms with Crippen molar-refractivity contribution in [2.24, 2.45) is 0 Å². The van der Waals surface area contributed by atoms with Crippen LogP contribution in [0, 0.1) is 11.3 Å². The van der Waals surface area contributed by atoms with E-state index in [1.165, 1.54) is 0 Å². The highest BCUT2D eigenvalue weighted by Gasteiger charge is 2.22. The number of likely N-dealkylation sites (N-methyl/N-ethyl adjacent to an activating group) is 1. The lowest BCUT2D eigenvalue weighted by Gasteiger charge is -2.28. The molecule has 0 saturated heterocycles. The molecule has 1 N–H and O–H groups in total. The van der Waals surface area contributed by atoms with Crippen LogP contribution in [-0.4, -0.2) is 70.2 Å². The van der Waals surface area contributed by atoms with Gasteiger partial charge in [-0.1, -0.05) is 23.4 Å². The van der Waals surface area contributed by atoms with E-state index in [1.807, 2.05) is 48.2 Å². The number of aryl methyl sites for hydroxylation is 1. The Morgan fingerprint density at radius 1 is 1.18 bits per heavy atom. The topological polar surface area (TPSA) is 120 Å². The maximum atomic E-state index is 13.0. The smallest absolute Gasteiger partial charge is 0.224 e. The van der Waals surface area contributed by atoms with E-state index in [1.54, 1.807) is 35.3 Å². The lowest BCUT2D eigenvalue weighted by Crippen LogP contribution is -2.36. The number of nitriles is 1. The highest BCUT2D eigenvalue weighted by atomic mass is 16.3. The fourth-order valence-electron chi connectivity index (χ4n) is 4.75. The quantitative estimate of drug-likeness (QED) is 0.302. The van der Waals surface area contributed by atoms with E-state index in [0.717, 1.165) is 34.2 Å². The van der Waals surface area contributed by atoms with Crippen LogP contribution in [0.2, 0.25) is 0 Å². The van der Waals surface area contributed by atoms with Gasteiger partial charge in [0.25, 0.3) is 0 Å². The highest BCUT2D eigenvalue weighted by molar-refractivity contribution is 6.02. The van der Waals surface area contributed by atoms with E-state index in [2.05, 4.69) is 27.8 Å². The van der Waals surface area contributed by atoms with Crippen molar-refractivity contribution in [1.29, 1.82) is 5.26 Å². The van der Waals surface area contributed by atoms with Gasteiger partial charge in [-0.3, -0.25) is 14.3 Å². The van der Waals surface area contributed by atoms with Crippen LogP contribution in [0.1, 0.15) is 40.1 Å². The number of amides is 1. The van der Waals surface area contributed by atoms with Crippen molar-refractivity contribution in [3.63, 3.8) is 0 Å². The maximum Gasteiger partial charge on any atom is 0.224 e. The van der Waals surface area contributed by atoms with Gasteiger partial charge in [0.15, 0.2) is 11.3 Å². The van der Waals surface area contributed by atoms with Crippen molar-refractivity contribution in [3.05, 3.63) is 83.4 Å². The molecule has 0 unspecified atom stereocenters. The third-order valence-electron chi connectivity index (χ3n) is 6.82. The lowest BCUT2D eigenvalue weighted by molar-refractivity contribution is -0.131. The molecule has 0 fully saturated rings. The molecule has 0 radical (unpaired) electrons. The number of carbonyl (C=O) groups excluding carboxylic acids is 2. The summed E-state index contributed by atoms with van der Waals surface area (Å²) in [4.78, 5) is 29.4. The molecule has 3 heterocycles. The summed E-state index contributed by atoms with van der Waals surface area (Å²) in [6.07, 6.45) is 6.63. The van der Waals surface area contributed by atoms with E-state index < -0.39 is 0 Å². The van der Waals surface area contributed by atoms with Crippen molar-refractivity contribution in [3.8, 4) is 6.07 Å². The second-order valence-corrected chi connectivity index (χ2v) is 10.1. The summed E-state index contributed by atoms with van der Waals surface area (Å²) in [5.74, 6) is 0.285. The number of furan rings is 1. The number of benzene rings is 2. The van der Waals surface area contributed by atoms with Gasteiger partial charge in [0, 0.05) is 37.6 Å². The highest BCUT2D eigenvalue weighted by Crippen LogP contribution is 2.33. The average molecular weight is 538 g/mol. The summed E-state index contributed by atoms with van der Waals surface area (Å²) in [5.41, 5.74) is 5.00. The normalized spacial score (nSPS) is 13.3. The molecule has 5 rings (SSSR count). The summed E-state index contributed by atoms with van der Waals surface area (Å²) >= 11 is 0. The molecule has 40 heavy (non-hydrogen) atoms. The van der Waals surface area contributed by atoms with Gasteiger partial charge in [-0.25, -0.2) is 0 Å². The van der Waals surface area contributed by atoms with Crippen molar-refractivity contribution < 1.29 is 14.0 Å². The number of carbonyl (C=O) groups is 2. The summed E-state index contributed by atoms with van der Waals surface area (Å²) in [6, 6.07) is 15.4. The van der Waals surface area contributed by atoms with Crippen molar-refractivity contribution >= 4 is 33.9 Å². The van der Waals surface area contributed by atoms with E-state index in [9.17, 15) is 9.59 Å². The van der Waals surface area contributed by atoms with E-state index in [0.29, 0.717) is 49.5 Å². The molecular weight excluding hydrogens is 506 g/mol. The molecule has 0 spiro atoms. The number of fused-ring (bicyclic) bond motifs is 1. The number of nitrogens with zero attached hydrogens (tertiary/aromatic N) is 6. The Hall–Kier alpha value is -4.75. The van der Waals surface area contributed by atoms with Gasteiger partial charge >= 0.3 is 0 Å². The third kappa shape index (κ3) is 6.27. The fraction of sp³-hybridized carbons (Fsp3) is 0.300. The molecule has 10 heteroatoms. The molecule has 0 bridgehead atoms. The van der Waals surface area contributed by atoms with Gasteiger partial charge in [0.1, 0.15) is 0 Å². The summed E-state index contributed by atoms with van der Waals surface area (Å²) in [5, 5.41) is 21.1. The van der Waals surface area contributed by atoms with E-state index in [4.69, 9.17) is 9.68 Å². The standard InChI is InChI=1S/C30H31N7O3/c1-35(2)20-27(38)28-16-25-14-24(15-26(30(25)40-28)32-18-22-7-5-21(17-31)6-8-22)23-4-3-11-36(19-23)29(39)9-12-37-13-10-33-34-37/h4-8,10,13-16,32H,3,9,11-12,18-20H2,1-2H3. The first-order valence-electron chi connectivity index (χ1n) is 13.2. The number of ketones is 1. The van der Waals surface area contributed by atoms with Crippen LogP contribution >= 0.6 is 0 Å². The second-order valence-electron chi connectivity index (χ2n) is 10.1. The van der Waals surface area contributed by atoms with Crippen molar-refractivity contribution in [1.82, 2.24) is 24.8 Å². The first-order valence-corrected chi connectivity index (χ1v) is 13.2. The maximum absolute atomic E-state index is 13.0. The minimum atomic E-state index is -0.0955. The first kappa shape index (κ1) is 26.8. The van der Waals surface area contributed by atoms with Crippen LogP contribution in [0.4, 0.5) is 5.69 Å². The molecule has 0 aliphatic carbocycles. The number of anilines is 1. The third-order valence-corrected chi connectivity index (χ3v) is 6.82. The zero-order valence-electron chi connectivity index (χ0n) is 22.6. The lowest BCUT2D eigenvalue weighted by atomic mass is 9.98. The van der Waals surface area contributed by atoms with Gasteiger partial charge < -0.3 is 19.5 Å². The Bertz CT molecular complexity index is 1580. The predicted octanol–water partition coefficient (Wildman–Crippen LogP) is 3.96. The van der Waals surface area contributed by atoms with Crippen molar-refractivity contribution in [2.45, 2.75) is 25.9 Å². The Kier molecular flexibility index (Phi) is 8.03. The minimum absolute atomic E-state index is 0.0706. The predicted molar refractivity (Wildman–Crippen MR) is 151 cm³/mol. The molecule has 0 saturated carbocycles. The molecule has 10 nitrogen and oxygen atoms in total. The molecule has 4 aromatic rings. The van der Waals surface area contributed by atoms with E-state index >= 15 is 0 Å². The molecule has 1 aliphatic heterocycles. The van der Waals surface area contributed by atoms with Crippen LogP contribution in [0.25, 0.3) is 16.5 Å². The van der Waals surface area contributed by atoms with Crippen LogP contribution < -0.4 is 5.32 Å². The monoisotopic (exact) mass is 537 g/mol. The zero-order valence-corrected chi connectivity index (χ0v) is 22.6. The average Bonchev–Trinajstić information content (AvgIpc) is 3.65. The molecule has 0 atom stereocenters. The Morgan fingerprint density at radius 2 is 2.00 bits per heavy atom. The van der Waals surface area contributed by atoms with Crippen LogP contribution in [0.15, 0.2) is 65.4 Å². The molecule has 1 aliphatic rings.